The van der Waals surface area contributed by atoms with Crippen molar-refractivity contribution in [3.8, 4) is 5.75 Å². The van der Waals surface area contributed by atoms with Crippen LogP contribution in [0, 0.1) is 0 Å². The van der Waals surface area contributed by atoms with Crippen molar-refractivity contribution in [2.75, 3.05) is 17.3 Å². The number of nitrogens with zero attached hydrogens (tertiary/aromatic N) is 1. The molecule has 1 aliphatic heterocycles. The SMILES string of the molecule is COc1ccc(Cl)cc1NC(=S)N1c2ccccc2C[C@@H]1C. The first-order valence-electron chi connectivity index (χ1n) is 7.12. The number of halogens is 1. The molecule has 0 fully saturated rings. The second kappa shape index (κ2) is 6.15. The number of rotatable bonds is 2. The van der Waals surface area contributed by atoms with E-state index in [0.29, 0.717) is 21.9 Å². The molecule has 22 heavy (non-hydrogen) atoms. The molecule has 3 nitrogen and oxygen atoms in total. The van der Waals surface area contributed by atoms with E-state index >= 15 is 0 Å². The van der Waals surface area contributed by atoms with Gasteiger partial charge in [-0.15, -0.1) is 0 Å². The van der Waals surface area contributed by atoms with Crippen molar-refractivity contribution < 1.29 is 4.74 Å². The van der Waals surface area contributed by atoms with Gasteiger partial charge in [0.25, 0.3) is 0 Å². The zero-order valence-electron chi connectivity index (χ0n) is 12.5. The number of anilines is 2. The predicted octanol–water partition coefficient (Wildman–Crippen LogP) is 4.50. The number of fused-ring (bicyclic) bond motifs is 1. The highest BCUT2D eigenvalue weighted by Gasteiger charge is 2.28. The minimum Gasteiger partial charge on any atom is -0.495 e. The Hall–Kier alpha value is -1.78. The standard InChI is InChI=1S/C17H17ClN2OS/c1-11-9-12-5-3-4-6-15(12)20(11)17(22)19-14-10-13(18)7-8-16(14)21-2/h3-8,10-11H,9H2,1-2H3,(H,19,22)/t11-/m0/s1. The molecule has 0 unspecified atom stereocenters. The van der Waals surface area contributed by atoms with E-state index in [1.807, 2.05) is 18.2 Å². The summed E-state index contributed by atoms with van der Waals surface area (Å²) < 4.78 is 5.36. The number of hydrogen-bond acceptors (Lipinski definition) is 2. The Bertz CT molecular complexity index is 720. The van der Waals surface area contributed by atoms with Crippen molar-refractivity contribution in [2.24, 2.45) is 0 Å². The Labute approximate surface area is 140 Å². The van der Waals surface area contributed by atoms with Crippen LogP contribution in [0.15, 0.2) is 42.5 Å². The maximum absolute atomic E-state index is 6.07. The third-order valence-corrected chi connectivity index (χ3v) is 4.36. The number of methoxy groups -OCH3 is 1. The van der Waals surface area contributed by atoms with Gasteiger partial charge in [0.05, 0.1) is 12.8 Å². The van der Waals surface area contributed by atoms with Gasteiger partial charge in [-0.2, -0.15) is 0 Å². The summed E-state index contributed by atoms with van der Waals surface area (Å²) in [7, 11) is 1.63. The number of thiocarbonyl (C=S) groups is 1. The fourth-order valence-corrected chi connectivity index (χ4v) is 3.39. The van der Waals surface area contributed by atoms with Gasteiger partial charge in [-0.3, -0.25) is 0 Å². The lowest BCUT2D eigenvalue weighted by molar-refractivity contribution is 0.417. The molecule has 0 saturated heterocycles. The van der Waals surface area contributed by atoms with Gasteiger partial charge in [0, 0.05) is 16.8 Å². The van der Waals surface area contributed by atoms with Crippen LogP contribution in [0.2, 0.25) is 5.02 Å². The van der Waals surface area contributed by atoms with E-state index in [9.17, 15) is 0 Å². The molecule has 0 aliphatic carbocycles. The molecule has 2 aromatic rings. The molecule has 0 saturated carbocycles. The smallest absolute Gasteiger partial charge is 0.178 e. The van der Waals surface area contributed by atoms with Crippen molar-refractivity contribution in [3.05, 3.63) is 53.1 Å². The Morgan fingerprint density at radius 1 is 1.32 bits per heavy atom. The summed E-state index contributed by atoms with van der Waals surface area (Å²) in [6, 6.07) is 14.1. The molecule has 2 aromatic carbocycles. The first-order valence-corrected chi connectivity index (χ1v) is 7.90. The van der Waals surface area contributed by atoms with Crippen LogP contribution in [0.3, 0.4) is 0 Å². The van der Waals surface area contributed by atoms with Gasteiger partial charge < -0.3 is 15.0 Å². The lowest BCUT2D eigenvalue weighted by Crippen LogP contribution is -2.38. The van der Waals surface area contributed by atoms with Crippen LogP contribution in [0.25, 0.3) is 0 Å². The van der Waals surface area contributed by atoms with Crippen LogP contribution < -0.4 is 15.0 Å². The van der Waals surface area contributed by atoms with Crippen molar-refractivity contribution in [1.29, 1.82) is 0 Å². The quantitative estimate of drug-likeness (QED) is 0.818. The van der Waals surface area contributed by atoms with Gasteiger partial charge in [-0.25, -0.2) is 0 Å². The largest absolute Gasteiger partial charge is 0.495 e. The van der Waals surface area contributed by atoms with Gasteiger partial charge in [-0.1, -0.05) is 29.8 Å². The minimum atomic E-state index is 0.322. The maximum atomic E-state index is 6.07. The monoisotopic (exact) mass is 332 g/mol. The van der Waals surface area contributed by atoms with E-state index in [-0.39, 0.29) is 0 Å². The molecular weight excluding hydrogens is 316 g/mol. The fourth-order valence-electron chi connectivity index (χ4n) is 2.83. The molecule has 0 aromatic heterocycles. The summed E-state index contributed by atoms with van der Waals surface area (Å²) in [5.74, 6) is 0.715. The van der Waals surface area contributed by atoms with Gasteiger partial charge in [0.15, 0.2) is 5.11 Å². The first kappa shape index (κ1) is 15.1. The highest BCUT2D eigenvalue weighted by Crippen LogP contribution is 2.34. The number of nitrogens with one attached hydrogen (secondary N) is 1. The van der Waals surface area contributed by atoms with Crippen molar-refractivity contribution >= 4 is 40.3 Å². The summed E-state index contributed by atoms with van der Waals surface area (Å²) in [6.07, 6.45) is 0.991. The Morgan fingerprint density at radius 2 is 2.09 bits per heavy atom. The average Bonchev–Trinajstić information content (AvgIpc) is 2.83. The predicted molar refractivity (Wildman–Crippen MR) is 96.3 cm³/mol. The molecule has 0 bridgehead atoms. The van der Waals surface area contributed by atoms with Crippen LogP contribution >= 0.6 is 23.8 Å². The van der Waals surface area contributed by atoms with Crippen molar-refractivity contribution in [1.82, 2.24) is 0 Å². The molecule has 0 spiro atoms. The summed E-state index contributed by atoms with van der Waals surface area (Å²) >= 11 is 11.7. The number of benzene rings is 2. The van der Waals surface area contributed by atoms with Gasteiger partial charge in [-0.05, 0) is 55.4 Å². The normalized spacial score (nSPS) is 16.3. The summed E-state index contributed by atoms with van der Waals surface area (Å²) in [4.78, 5) is 2.14. The van der Waals surface area contributed by atoms with E-state index in [2.05, 4.69) is 35.3 Å². The van der Waals surface area contributed by atoms with Gasteiger partial charge in [0.1, 0.15) is 5.75 Å². The van der Waals surface area contributed by atoms with Gasteiger partial charge in [0.2, 0.25) is 0 Å². The van der Waals surface area contributed by atoms with Crippen molar-refractivity contribution in [2.45, 2.75) is 19.4 Å². The van der Waals surface area contributed by atoms with Crippen LogP contribution in [0.1, 0.15) is 12.5 Å². The number of hydrogen-bond donors (Lipinski definition) is 1. The van der Waals surface area contributed by atoms with Crippen LogP contribution in [0.4, 0.5) is 11.4 Å². The topological polar surface area (TPSA) is 24.5 Å². The maximum Gasteiger partial charge on any atom is 0.178 e. The molecule has 1 heterocycles. The van der Waals surface area contributed by atoms with E-state index in [4.69, 9.17) is 28.6 Å². The van der Waals surface area contributed by atoms with Gasteiger partial charge >= 0.3 is 0 Å². The average molecular weight is 333 g/mol. The molecular formula is C17H17ClN2OS. The summed E-state index contributed by atoms with van der Waals surface area (Å²) in [5.41, 5.74) is 3.25. The molecule has 3 rings (SSSR count). The molecule has 1 aliphatic rings. The summed E-state index contributed by atoms with van der Waals surface area (Å²) in [6.45, 7) is 2.17. The molecule has 5 heteroatoms. The zero-order chi connectivity index (χ0) is 15.7. The van der Waals surface area contributed by atoms with Crippen molar-refractivity contribution in [3.63, 3.8) is 0 Å². The lowest BCUT2D eigenvalue weighted by atomic mass is 10.1. The second-order valence-electron chi connectivity index (χ2n) is 5.33. The third kappa shape index (κ3) is 2.76. The molecule has 1 N–H and O–H groups in total. The highest BCUT2D eigenvalue weighted by atomic mass is 35.5. The van der Waals surface area contributed by atoms with Crippen LogP contribution in [-0.2, 0) is 6.42 Å². The zero-order valence-corrected chi connectivity index (χ0v) is 14.0. The van der Waals surface area contributed by atoms with Crippen LogP contribution in [0.5, 0.6) is 5.75 Å². The van der Waals surface area contributed by atoms with E-state index < -0.39 is 0 Å². The number of para-hydroxylation sites is 1. The molecule has 1 atom stereocenters. The Balaban J connectivity index is 1.88. The third-order valence-electron chi connectivity index (χ3n) is 3.83. The minimum absolute atomic E-state index is 0.322. The van der Waals surface area contributed by atoms with Crippen LogP contribution in [-0.4, -0.2) is 18.3 Å². The highest BCUT2D eigenvalue weighted by molar-refractivity contribution is 7.80. The summed E-state index contributed by atoms with van der Waals surface area (Å²) in [5, 5.41) is 4.55. The Kier molecular flexibility index (Phi) is 4.23. The second-order valence-corrected chi connectivity index (χ2v) is 6.15. The molecule has 0 radical (unpaired) electrons. The fraction of sp³-hybridized carbons (Fsp3) is 0.235. The number of ether oxygens (including phenoxy) is 1. The molecule has 0 amide bonds. The molecule has 114 valence electrons. The Morgan fingerprint density at radius 3 is 2.86 bits per heavy atom. The van der Waals surface area contributed by atoms with E-state index in [1.54, 1.807) is 13.2 Å². The first-order chi connectivity index (χ1) is 10.6. The van der Waals surface area contributed by atoms with E-state index in [1.165, 1.54) is 5.56 Å². The van der Waals surface area contributed by atoms with E-state index in [0.717, 1.165) is 17.8 Å². The lowest BCUT2D eigenvalue weighted by Gasteiger charge is -2.26.